The fourth-order valence-corrected chi connectivity index (χ4v) is 1.39. The summed E-state index contributed by atoms with van der Waals surface area (Å²) < 4.78 is 1.77. The molecule has 5 heteroatoms. The minimum atomic E-state index is 0.0172. The Bertz CT molecular complexity index is 357. The molecule has 0 radical (unpaired) electrons. The molecule has 84 valence electrons. The number of carbonyl (C=O) groups excluding carboxylic acids is 1. The number of amides is 1. The van der Waals surface area contributed by atoms with Crippen LogP contribution in [0.5, 0.6) is 0 Å². The van der Waals surface area contributed by atoms with Crippen molar-refractivity contribution in [1.82, 2.24) is 15.1 Å². The number of aryl methyl sites for hydroxylation is 2. The number of carbonyl (C=O) groups is 1. The van der Waals surface area contributed by atoms with Crippen LogP contribution in [0.1, 0.15) is 17.8 Å². The van der Waals surface area contributed by atoms with Crippen LogP contribution in [-0.4, -0.2) is 29.3 Å². The van der Waals surface area contributed by atoms with Crippen molar-refractivity contribution in [2.24, 2.45) is 7.05 Å². The lowest BCUT2D eigenvalue weighted by atomic mass is 10.3. The molecule has 0 aliphatic carbocycles. The third kappa shape index (κ3) is 2.79. The molecule has 1 aromatic heterocycles. The van der Waals surface area contributed by atoms with E-state index in [-0.39, 0.29) is 5.91 Å². The summed E-state index contributed by atoms with van der Waals surface area (Å²) in [5.74, 6) is 0.0172. The maximum absolute atomic E-state index is 11.5. The first-order valence-corrected chi connectivity index (χ1v) is 5.01. The van der Waals surface area contributed by atoms with Gasteiger partial charge in [-0.3, -0.25) is 9.48 Å². The maximum atomic E-state index is 11.5. The van der Waals surface area contributed by atoms with Gasteiger partial charge in [0.15, 0.2) is 0 Å². The monoisotopic (exact) mass is 210 g/mol. The Morgan fingerprint density at radius 1 is 1.47 bits per heavy atom. The van der Waals surface area contributed by atoms with Crippen molar-refractivity contribution in [1.29, 1.82) is 0 Å². The molecule has 1 rings (SSSR count). The van der Waals surface area contributed by atoms with Crippen molar-refractivity contribution in [3.8, 4) is 0 Å². The van der Waals surface area contributed by atoms with E-state index in [1.807, 2.05) is 27.9 Å². The number of rotatable bonds is 4. The van der Waals surface area contributed by atoms with Crippen molar-refractivity contribution in [2.75, 3.05) is 18.9 Å². The smallest absolute Gasteiger partial charge is 0.225 e. The first-order chi connectivity index (χ1) is 7.06. The fraction of sp³-hybridized carbons (Fsp3) is 0.600. The van der Waals surface area contributed by atoms with Gasteiger partial charge in [-0.2, -0.15) is 5.10 Å². The standard InChI is InChI=1S/C10H18N4O/c1-7-10(8(2)14(4)13-7)12-9(15)5-6-11-3/h11H,5-6H2,1-4H3,(H,12,15). The molecular formula is C10H18N4O. The van der Waals surface area contributed by atoms with E-state index in [0.29, 0.717) is 13.0 Å². The average Bonchev–Trinajstić information content (AvgIpc) is 2.42. The molecule has 0 spiro atoms. The van der Waals surface area contributed by atoms with Gasteiger partial charge in [0, 0.05) is 20.0 Å². The molecular weight excluding hydrogens is 192 g/mol. The maximum Gasteiger partial charge on any atom is 0.225 e. The van der Waals surface area contributed by atoms with Crippen LogP contribution in [-0.2, 0) is 11.8 Å². The molecule has 0 bridgehead atoms. The van der Waals surface area contributed by atoms with Gasteiger partial charge in [-0.25, -0.2) is 0 Å². The van der Waals surface area contributed by atoms with Crippen molar-refractivity contribution in [3.05, 3.63) is 11.4 Å². The van der Waals surface area contributed by atoms with E-state index in [1.54, 1.807) is 4.68 Å². The first-order valence-electron chi connectivity index (χ1n) is 5.01. The Morgan fingerprint density at radius 2 is 2.13 bits per heavy atom. The SMILES string of the molecule is CNCCC(=O)Nc1c(C)nn(C)c1C. The molecule has 0 fully saturated rings. The quantitative estimate of drug-likeness (QED) is 0.764. The van der Waals surface area contributed by atoms with Gasteiger partial charge in [-0.1, -0.05) is 0 Å². The Labute approximate surface area is 89.9 Å². The third-order valence-corrected chi connectivity index (χ3v) is 2.38. The zero-order valence-corrected chi connectivity index (χ0v) is 9.72. The average molecular weight is 210 g/mol. The number of anilines is 1. The van der Waals surface area contributed by atoms with Gasteiger partial charge < -0.3 is 10.6 Å². The predicted octanol–water partition coefficient (Wildman–Crippen LogP) is 0.585. The molecule has 0 atom stereocenters. The van der Waals surface area contributed by atoms with E-state index in [2.05, 4.69) is 15.7 Å². The summed E-state index contributed by atoms with van der Waals surface area (Å²) in [5.41, 5.74) is 2.66. The van der Waals surface area contributed by atoms with Gasteiger partial charge in [0.05, 0.1) is 17.1 Å². The molecule has 1 heterocycles. The lowest BCUT2D eigenvalue weighted by Crippen LogP contribution is -2.19. The third-order valence-electron chi connectivity index (χ3n) is 2.38. The highest BCUT2D eigenvalue weighted by atomic mass is 16.1. The van der Waals surface area contributed by atoms with Crippen molar-refractivity contribution >= 4 is 11.6 Å². The number of nitrogens with zero attached hydrogens (tertiary/aromatic N) is 2. The molecule has 2 N–H and O–H groups in total. The van der Waals surface area contributed by atoms with E-state index in [4.69, 9.17) is 0 Å². The van der Waals surface area contributed by atoms with Crippen LogP contribution in [0.25, 0.3) is 0 Å². The summed E-state index contributed by atoms with van der Waals surface area (Å²) in [6, 6.07) is 0. The lowest BCUT2D eigenvalue weighted by molar-refractivity contribution is -0.116. The molecule has 0 aliphatic heterocycles. The Hall–Kier alpha value is -1.36. The van der Waals surface area contributed by atoms with Crippen LogP contribution < -0.4 is 10.6 Å². The summed E-state index contributed by atoms with van der Waals surface area (Å²) >= 11 is 0. The van der Waals surface area contributed by atoms with Crippen LogP contribution in [0.3, 0.4) is 0 Å². The van der Waals surface area contributed by atoms with Gasteiger partial charge in [0.1, 0.15) is 0 Å². The Balaban J connectivity index is 2.68. The van der Waals surface area contributed by atoms with Gasteiger partial charge in [-0.15, -0.1) is 0 Å². The summed E-state index contributed by atoms with van der Waals surface area (Å²) in [7, 11) is 3.69. The summed E-state index contributed by atoms with van der Waals surface area (Å²) in [5, 5.41) is 10.0. The zero-order chi connectivity index (χ0) is 11.4. The van der Waals surface area contributed by atoms with Crippen LogP contribution in [0.4, 0.5) is 5.69 Å². The number of aromatic nitrogens is 2. The van der Waals surface area contributed by atoms with Crippen molar-refractivity contribution < 1.29 is 4.79 Å². The minimum absolute atomic E-state index is 0.0172. The van der Waals surface area contributed by atoms with Crippen LogP contribution in [0, 0.1) is 13.8 Å². The predicted molar refractivity (Wildman–Crippen MR) is 59.9 cm³/mol. The second kappa shape index (κ2) is 4.93. The molecule has 15 heavy (non-hydrogen) atoms. The highest BCUT2D eigenvalue weighted by molar-refractivity contribution is 5.91. The highest BCUT2D eigenvalue weighted by Gasteiger charge is 2.11. The van der Waals surface area contributed by atoms with Gasteiger partial charge in [0.2, 0.25) is 5.91 Å². The van der Waals surface area contributed by atoms with E-state index < -0.39 is 0 Å². The molecule has 0 saturated heterocycles. The molecule has 1 amide bonds. The van der Waals surface area contributed by atoms with E-state index >= 15 is 0 Å². The topological polar surface area (TPSA) is 59.0 Å². The van der Waals surface area contributed by atoms with Gasteiger partial charge in [0.25, 0.3) is 0 Å². The lowest BCUT2D eigenvalue weighted by Gasteiger charge is -2.05. The van der Waals surface area contributed by atoms with Crippen molar-refractivity contribution in [3.63, 3.8) is 0 Å². The highest BCUT2D eigenvalue weighted by Crippen LogP contribution is 2.18. The second-order valence-corrected chi connectivity index (χ2v) is 3.57. The van der Waals surface area contributed by atoms with Crippen LogP contribution >= 0.6 is 0 Å². The Morgan fingerprint density at radius 3 is 2.60 bits per heavy atom. The zero-order valence-electron chi connectivity index (χ0n) is 9.72. The van der Waals surface area contributed by atoms with Gasteiger partial charge >= 0.3 is 0 Å². The minimum Gasteiger partial charge on any atom is -0.323 e. The van der Waals surface area contributed by atoms with E-state index in [0.717, 1.165) is 17.1 Å². The second-order valence-electron chi connectivity index (χ2n) is 3.57. The molecule has 0 aromatic carbocycles. The summed E-state index contributed by atoms with van der Waals surface area (Å²) in [4.78, 5) is 11.5. The van der Waals surface area contributed by atoms with Crippen molar-refractivity contribution in [2.45, 2.75) is 20.3 Å². The molecule has 0 unspecified atom stereocenters. The number of hydrogen-bond donors (Lipinski definition) is 2. The summed E-state index contributed by atoms with van der Waals surface area (Å²) in [6.45, 7) is 4.51. The first kappa shape index (κ1) is 11.7. The normalized spacial score (nSPS) is 10.4. The molecule has 0 aliphatic rings. The van der Waals surface area contributed by atoms with E-state index in [9.17, 15) is 4.79 Å². The molecule has 5 nitrogen and oxygen atoms in total. The molecule has 0 saturated carbocycles. The van der Waals surface area contributed by atoms with Gasteiger partial charge in [-0.05, 0) is 20.9 Å². The summed E-state index contributed by atoms with van der Waals surface area (Å²) in [6.07, 6.45) is 0.476. The largest absolute Gasteiger partial charge is 0.323 e. The fourth-order valence-electron chi connectivity index (χ4n) is 1.39. The van der Waals surface area contributed by atoms with Crippen LogP contribution in [0.2, 0.25) is 0 Å². The molecule has 1 aromatic rings. The Kier molecular flexibility index (Phi) is 3.85. The van der Waals surface area contributed by atoms with Crippen LogP contribution in [0.15, 0.2) is 0 Å². The number of hydrogen-bond acceptors (Lipinski definition) is 3. The van der Waals surface area contributed by atoms with E-state index in [1.165, 1.54) is 0 Å². The number of nitrogens with one attached hydrogen (secondary N) is 2.